The summed E-state index contributed by atoms with van der Waals surface area (Å²) in [6.45, 7) is 0. The van der Waals surface area contributed by atoms with Crippen molar-refractivity contribution >= 4 is 47.2 Å². The van der Waals surface area contributed by atoms with E-state index in [1.807, 2.05) is 0 Å². The molecule has 0 unspecified atom stereocenters. The summed E-state index contributed by atoms with van der Waals surface area (Å²) in [6, 6.07) is 10.8. The number of hydrogen-bond donors (Lipinski definition) is 0. The van der Waals surface area contributed by atoms with Crippen LogP contribution >= 0.6 is 11.3 Å². The van der Waals surface area contributed by atoms with Crippen molar-refractivity contribution in [2.45, 2.75) is 4.90 Å². The second-order valence-electron chi connectivity index (χ2n) is 6.61. The van der Waals surface area contributed by atoms with Crippen molar-refractivity contribution in [2.24, 2.45) is 0 Å². The van der Waals surface area contributed by atoms with E-state index in [0.717, 1.165) is 11.5 Å². The second-order valence-corrected chi connectivity index (χ2v) is 11.8. The predicted octanol–water partition coefficient (Wildman–Crippen LogP) is 3.10. The fourth-order valence-corrected chi connectivity index (χ4v) is 7.64. The minimum absolute atomic E-state index is 0.300. The van der Waals surface area contributed by atoms with E-state index in [0.29, 0.717) is 44.2 Å². The van der Waals surface area contributed by atoms with E-state index < -0.39 is 34.4 Å². The molecule has 0 bridgehead atoms. The molecule has 0 aliphatic rings. The highest BCUT2D eigenvalue weighted by atomic mass is 32.3. The zero-order valence-corrected chi connectivity index (χ0v) is 19.8. The van der Waals surface area contributed by atoms with Crippen molar-refractivity contribution < 1.29 is 31.0 Å². The summed E-state index contributed by atoms with van der Waals surface area (Å²) in [6.07, 6.45) is 1.28. The SMILES string of the molecule is COc1ccc(/C=C\S(=O)(=O)CS(=O)(=O)c2cc3c(OC)cc(OC)cc3sc2=O)cc1. The van der Waals surface area contributed by atoms with Gasteiger partial charge in [0.15, 0.2) is 24.8 Å². The lowest BCUT2D eigenvalue weighted by atomic mass is 10.2. The summed E-state index contributed by atoms with van der Waals surface area (Å²) in [5, 5.41) is -0.0617. The van der Waals surface area contributed by atoms with E-state index in [-0.39, 0.29) is 0 Å². The van der Waals surface area contributed by atoms with E-state index in [9.17, 15) is 21.6 Å². The maximum absolute atomic E-state index is 12.8. The van der Waals surface area contributed by atoms with Gasteiger partial charge >= 0.3 is 0 Å². The topological polar surface area (TPSA) is 113 Å². The van der Waals surface area contributed by atoms with Gasteiger partial charge in [-0.25, -0.2) is 16.8 Å². The zero-order chi connectivity index (χ0) is 23.5. The quantitative estimate of drug-likeness (QED) is 0.468. The lowest BCUT2D eigenvalue weighted by Gasteiger charge is -2.09. The molecule has 0 saturated carbocycles. The third kappa shape index (κ3) is 5.29. The van der Waals surface area contributed by atoms with Crippen LogP contribution in [0.2, 0.25) is 0 Å². The van der Waals surface area contributed by atoms with Crippen LogP contribution in [0.1, 0.15) is 5.56 Å². The number of benzene rings is 2. The number of hydrogen-bond acceptors (Lipinski definition) is 9. The first kappa shape index (κ1) is 23.8. The Balaban J connectivity index is 1.96. The van der Waals surface area contributed by atoms with Gasteiger partial charge in [-0.15, -0.1) is 0 Å². The highest BCUT2D eigenvalue weighted by Gasteiger charge is 2.26. The minimum atomic E-state index is -4.44. The Labute approximate surface area is 189 Å². The highest BCUT2D eigenvalue weighted by molar-refractivity contribution is 8.09. The maximum Gasteiger partial charge on any atom is 0.251 e. The molecule has 1 aromatic heterocycles. The van der Waals surface area contributed by atoms with Gasteiger partial charge in [0, 0.05) is 21.6 Å². The molecule has 8 nitrogen and oxygen atoms in total. The standard InChI is InChI=1S/C21H20O8S3/c1-27-15-6-4-14(5-7-15)8-9-31(23,24)13-32(25,26)20-12-17-18(29-3)10-16(28-2)11-19(17)30-21(20)22/h4-12H,13H2,1-3H3/b9-8-. The highest BCUT2D eigenvalue weighted by Crippen LogP contribution is 2.33. The number of rotatable bonds is 8. The first-order chi connectivity index (χ1) is 15.1. The molecule has 170 valence electrons. The summed E-state index contributed by atoms with van der Waals surface area (Å²) in [7, 11) is -4.28. The Morgan fingerprint density at radius 2 is 1.53 bits per heavy atom. The van der Waals surface area contributed by atoms with Crippen LogP contribution in [0.15, 0.2) is 57.6 Å². The van der Waals surface area contributed by atoms with Crippen molar-refractivity contribution in [3.63, 3.8) is 0 Å². The number of sulfone groups is 2. The van der Waals surface area contributed by atoms with Gasteiger partial charge in [-0.3, -0.25) is 4.79 Å². The molecule has 0 saturated heterocycles. The Morgan fingerprint density at radius 1 is 0.875 bits per heavy atom. The molecule has 1 heterocycles. The molecule has 0 aliphatic carbocycles. The molecule has 11 heteroatoms. The molecule has 0 aliphatic heterocycles. The predicted molar refractivity (Wildman–Crippen MR) is 124 cm³/mol. The molecule has 0 amide bonds. The van der Waals surface area contributed by atoms with E-state index >= 15 is 0 Å². The molecule has 32 heavy (non-hydrogen) atoms. The Kier molecular flexibility index (Phi) is 6.91. The fourth-order valence-electron chi connectivity index (χ4n) is 2.86. The normalized spacial score (nSPS) is 12.2. The van der Waals surface area contributed by atoms with Crippen molar-refractivity contribution in [2.75, 3.05) is 26.4 Å². The van der Waals surface area contributed by atoms with E-state index in [2.05, 4.69) is 0 Å². The van der Waals surface area contributed by atoms with E-state index in [4.69, 9.17) is 14.2 Å². The smallest absolute Gasteiger partial charge is 0.251 e. The molecule has 0 radical (unpaired) electrons. The average molecular weight is 497 g/mol. The van der Waals surface area contributed by atoms with Crippen LogP contribution in [0.5, 0.6) is 17.2 Å². The molecular weight excluding hydrogens is 476 g/mol. The molecule has 3 rings (SSSR count). The number of methoxy groups -OCH3 is 3. The van der Waals surface area contributed by atoms with Crippen LogP contribution in [0.4, 0.5) is 0 Å². The monoisotopic (exact) mass is 496 g/mol. The van der Waals surface area contributed by atoms with Gasteiger partial charge < -0.3 is 14.2 Å². The Hall–Kier alpha value is -2.89. The Bertz CT molecular complexity index is 1430. The first-order valence-corrected chi connectivity index (χ1v) is 13.2. The van der Waals surface area contributed by atoms with Gasteiger partial charge in [-0.2, -0.15) is 0 Å². The van der Waals surface area contributed by atoms with Gasteiger partial charge in [-0.1, -0.05) is 23.5 Å². The molecule has 0 spiro atoms. The van der Waals surface area contributed by atoms with Crippen molar-refractivity contribution in [1.82, 2.24) is 0 Å². The fraction of sp³-hybridized carbons (Fsp3) is 0.190. The van der Waals surface area contributed by atoms with Gasteiger partial charge in [0.25, 0.3) is 4.74 Å². The maximum atomic E-state index is 12.8. The number of fused-ring (bicyclic) bond motifs is 1. The third-order valence-corrected chi connectivity index (χ3v) is 9.62. The second kappa shape index (κ2) is 9.31. The lowest BCUT2D eigenvalue weighted by molar-refractivity contribution is 0.398. The van der Waals surface area contributed by atoms with Gasteiger partial charge in [0.1, 0.15) is 22.1 Å². The summed E-state index contributed by atoms with van der Waals surface area (Å²) < 4.78 is 65.8. The largest absolute Gasteiger partial charge is 0.497 e. The molecule has 2 aromatic carbocycles. The summed E-state index contributed by atoms with van der Waals surface area (Å²) in [5.74, 6) is 1.34. The minimum Gasteiger partial charge on any atom is -0.497 e. The number of ether oxygens (including phenoxy) is 3. The van der Waals surface area contributed by atoms with Gasteiger partial charge in [-0.05, 0) is 35.9 Å². The lowest BCUT2D eigenvalue weighted by Crippen LogP contribution is -2.20. The summed E-state index contributed by atoms with van der Waals surface area (Å²) in [4.78, 5) is 11.9. The molecule has 3 aromatic rings. The molecule has 0 atom stereocenters. The van der Waals surface area contributed by atoms with Crippen LogP contribution in [-0.2, 0) is 19.7 Å². The van der Waals surface area contributed by atoms with Crippen molar-refractivity contribution in [3.8, 4) is 17.2 Å². The van der Waals surface area contributed by atoms with Crippen LogP contribution in [0.25, 0.3) is 16.2 Å². The third-order valence-electron chi connectivity index (χ3n) is 4.45. The molecular formula is C21H20O8S3. The average Bonchev–Trinajstić information content (AvgIpc) is 2.75. The zero-order valence-electron chi connectivity index (χ0n) is 17.4. The summed E-state index contributed by atoms with van der Waals surface area (Å²) in [5.41, 5.74) is 0.544. The van der Waals surface area contributed by atoms with Crippen LogP contribution in [0.3, 0.4) is 0 Å². The summed E-state index contributed by atoms with van der Waals surface area (Å²) >= 11 is 0.675. The van der Waals surface area contributed by atoms with Gasteiger partial charge in [0.05, 0.1) is 21.3 Å². The van der Waals surface area contributed by atoms with Crippen molar-refractivity contribution in [3.05, 3.63) is 63.0 Å². The van der Waals surface area contributed by atoms with Crippen LogP contribution in [0, 0.1) is 0 Å². The van der Waals surface area contributed by atoms with E-state index in [1.54, 1.807) is 36.4 Å². The first-order valence-electron chi connectivity index (χ1n) is 9.06. The van der Waals surface area contributed by atoms with Crippen molar-refractivity contribution in [1.29, 1.82) is 0 Å². The molecule has 0 N–H and O–H groups in total. The van der Waals surface area contributed by atoms with Crippen LogP contribution < -0.4 is 19.0 Å². The van der Waals surface area contributed by atoms with E-state index in [1.165, 1.54) is 27.4 Å². The Morgan fingerprint density at radius 3 is 2.12 bits per heavy atom. The molecule has 0 fully saturated rings. The van der Waals surface area contributed by atoms with Gasteiger partial charge in [0.2, 0.25) is 0 Å². The van der Waals surface area contributed by atoms with Crippen LogP contribution in [-0.4, -0.2) is 43.2 Å².